The molecule has 2 rings (SSSR count). The van der Waals surface area contributed by atoms with Crippen LogP contribution in [0, 0.1) is 0 Å². The fraction of sp³-hybridized carbons (Fsp3) is 0.0833. The Hall–Kier alpha value is -1.60. The number of carbonyl (C=O) groups excluding carboxylic acids is 1. The molecular weight excluding hydrogens is 328 g/mol. The molecule has 19 heavy (non-hydrogen) atoms. The molecule has 1 aromatic carbocycles. The van der Waals surface area contributed by atoms with Crippen molar-refractivity contribution in [2.45, 2.75) is 10.6 Å². The highest BCUT2D eigenvalue weighted by Crippen LogP contribution is 2.23. The van der Waals surface area contributed by atoms with Crippen molar-refractivity contribution in [3.8, 4) is 0 Å². The smallest absolute Gasteiger partial charge is 0.254 e. The van der Waals surface area contributed by atoms with Crippen molar-refractivity contribution < 1.29 is 4.79 Å². The van der Waals surface area contributed by atoms with E-state index in [0.717, 1.165) is 9.37 Å². The molecule has 4 N–H and O–H groups in total. The monoisotopic (exact) mass is 338 g/mol. The van der Waals surface area contributed by atoms with E-state index in [0.29, 0.717) is 11.6 Å². The molecule has 0 aliphatic rings. The van der Waals surface area contributed by atoms with E-state index in [1.54, 1.807) is 11.8 Å². The maximum Gasteiger partial charge on any atom is 0.254 e. The van der Waals surface area contributed by atoms with Crippen LogP contribution in [0.2, 0.25) is 0 Å². The first-order valence-electron chi connectivity index (χ1n) is 5.36. The standard InChI is InChI=1S/C12H11BrN4OS/c13-7-1-3-8(4-2-7)19-6-10-16-5-9(12(15)18)11(14)17-10/h1-5H,6H2,(H2,15,18)(H2,14,16,17). The van der Waals surface area contributed by atoms with Gasteiger partial charge in [-0.15, -0.1) is 11.8 Å². The Kier molecular flexibility index (Phi) is 4.39. The molecule has 0 fully saturated rings. The Morgan fingerprint density at radius 2 is 2.00 bits per heavy atom. The van der Waals surface area contributed by atoms with Crippen molar-refractivity contribution in [3.05, 3.63) is 46.3 Å². The van der Waals surface area contributed by atoms with Crippen LogP contribution >= 0.6 is 27.7 Å². The van der Waals surface area contributed by atoms with E-state index in [1.165, 1.54) is 6.20 Å². The predicted molar refractivity (Wildman–Crippen MR) is 78.7 cm³/mol. The Balaban J connectivity index is 2.06. The minimum atomic E-state index is -0.621. The van der Waals surface area contributed by atoms with Gasteiger partial charge in [0.15, 0.2) is 0 Å². The molecule has 1 aromatic heterocycles. The zero-order valence-corrected chi connectivity index (χ0v) is 12.2. The SMILES string of the molecule is NC(=O)c1cnc(CSc2ccc(Br)cc2)nc1N. The first-order valence-corrected chi connectivity index (χ1v) is 7.13. The van der Waals surface area contributed by atoms with Crippen molar-refractivity contribution in [2.24, 2.45) is 5.73 Å². The Bertz CT molecular complexity index is 603. The molecule has 5 nitrogen and oxygen atoms in total. The van der Waals surface area contributed by atoms with Gasteiger partial charge in [-0.1, -0.05) is 15.9 Å². The van der Waals surface area contributed by atoms with Gasteiger partial charge in [0.25, 0.3) is 5.91 Å². The zero-order chi connectivity index (χ0) is 13.8. The number of rotatable bonds is 4. The van der Waals surface area contributed by atoms with Crippen LogP contribution in [0.5, 0.6) is 0 Å². The first kappa shape index (κ1) is 13.8. The van der Waals surface area contributed by atoms with Gasteiger partial charge in [-0.05, 0) is 24.3 Å². The number of nitrogen functional groups attached to an aromatic ring is 1. The Morgan fingerprint density at radius 1 is 1.32 bits per heavy atom. The molecule has 0 aliphatic carbocycles. The minimum absolute atomic E-state index is 0.119. The molecule has 2 aromatic rings. The third-order valence-electron chi connectivity index (χ3n) is 2.32. The summed E-state index contributed by atoms with van der Waals surface area (Å²) < 4.78 is 1.03. The third-order valence-corrected chi connectivity index (χ3v) is 3.85. The summed E-state index contributed by atoms with van der Waals surface area (Å²) in [4.78, 5) is 20.2. The maximum atomic E-state index is 11.0. The van der Waals surface area contributed by atoms with Crippen molar-refractivity contribution >= 4 is 39.4 Å². The number of thioether (sulfide) groups is 1. The Morgan fingerprint density at radius 3 is 2.58 bits per heavy atom. The summed E-state index contributed by atoms with van der Waals surface area (Å²) in [6, 6.07) is 7.92. The van der Waals surface area contributed by atoms with Gasteiger partial charge in [0.2, 0.25) is 0 Å². The summed E-state index contributed by atoms with van der Waals surface area (Å²) in [5, 5.41) is 0. The number of anilines is 1. The lowest BCUT2D eigenvalue weighted by Gasteiger charge is -2.04. The fourth-order valence-electron chi connectivity index (χ4n) is 1.37. The lowest BCUT2D eigenvalue weighted by atomic mass is 10.3. The second-order valence-electron chi connectivity index (χ2n) is 3.69. The van der Waals surface area contributed by atoms with E-state index < -0.39 is 5.91 Å². The van der Waals surface area contributed by atoms with Gasteiger partial charge in [-0.2, -0.15) is 0 Å². The number of carbonyl (C=O) groups is 1. The molecule has 0 aliphatic heterocycles. The number of benzene rings is 1. The van der Waals surface area contributed by atoms with E-state index in [-0.39, 0.29) is 11.4 Å². The number of hydrogen-bond acceptors (Lipinski definition) is 5. The van der Waals surface area contributed by atoms with E-state index in [2.05, 4.69) is 25.9 Å². The fourth-order valence-corrected chi connectivity index (χ4v) is 2.40. The van der Waals surface area contributed by atoms with Gasteiger partial charge in [0.1, 0.15) is 11.6 Å². The summed E-state index contributed by atoms with van der Waals surface area (Å²) in [5.41, 5.74) is 10.9. The Labute approximate surface area is 122 Å². The quantitative estimate of drug-likeness (QED) is 0.833. The molecule has 0 saturated carbocycles. The second kappa shape index (κ2) is 6.03. The van der Waals surface area contributed by atoms with Crippen molar-refractivity contribution in [3.63, 3.8) is 0 Å². The van der Waals surface area contributed by atoms with Crippen LogP contribution in [-0.2, 0) is 5.75 Å². The molecule has 0 atom stereocenters. The normalized spacial score (nSPS) is 10.4. The average Bonchev–Trinajstić information content (AvgIpc) is 2.37. The van der Waals surface area contributed by atoms with Gasteiger partial charge < -0.3 is 11.5 Å². The first-order chi connectivity index (χ1) is 9.06. The highest BCUT2D eigenvalue weighted by Gasteiger charge is 2.09. The van der Waals surface area contributed by atoms with E-state index in [1.807, 2.05) is 24.3 Å². The lowest BCUT2D eigenvalue weighted by Crippen LogP contribution is -2.15. The van der Waals surface area contributed by atoms with Gasteiger partial charge >= 0.3 is 0 Å². The topological polar surface area (TPSA) is 94.9 Å². The number of nitrogens with zero attached hydrogens (tertiary/aromatic N) is 2. The van der Waals surface area contributed by atoms with Crippen molar-refractivity contribution in [1.82, 2.24) is 9.97 Å². The van der Waals surface area contributed by atoms with Crippen molar-refractivity contribution in [1.29, 1.82) is 0 Å². The average molecular weight is 339 g/mol. The summed E-state index contributed by atoms with van der Waals surface area (Å²) in [7, 11) is 0. The van der Waals surface area contributed by atoms with Crippen molar-refractivity contribution in [2.75, 3.05) is 5.73 Å². The largest absolute Gasteiger partial charge is 0.383 e. The molecule has 0 bridgehead atoms. The lowest BCUT2D eigenvalue weighted by molar-refractivity contribution is 0.100. The number of hydrogen-bond donors (Lipinski definition) is 2. The van der Waals surface area contributed by atoms with Gasteiger partial charge in [-0.3, -0.25) is 4.79 Å². The number of halogens is 1. The van der Waals surface area contributed by atoms with Crippen LogP contribution in [0.1, 0.15) is 16.2 Å². The molecular formula is C12H11BrN4OS. The molecule has 1 amide bonds. The summed E-state index contributed by atoms with van der Waals surface area (Å²) in [5.74, 6) is 0.638. The second-order valence-corrected chi connectivity index (χ2v) is 5.66. The van der Waals surface area contributed by atoms with Crippen LogP contribution in [0.4, 0.5) is 5.82 Å². The number of nitrogens with two attached hydrogens (primary N) is 2. The van der Waals surface area contributed by atoms with Gasteiger partial charge in [0.05, 0.1) is 11.3 Å². The molecule has 0 saturated heterocycles. The maximum absolute atomic E-state index is 11.0. The minimum Gasteiger partial charge on any atom is -0.383 e. The van der Waals surface area contributed by atoms with Crippen LogP contribution in [0.15, 0.2) is 39.8 Å². The molecule has 0 radical (unpaired) electrons. The highest BCUT2D eigenvalue weighted by molar-refractivity contribution is 9.10. The summed E-state index contributed by atoms with van der Waals surface area (Å²) >= 11 is 4.97. The molecule has 1 heterocycles. The van der Waals surface area contributed by atoms with Gasteiger partial charge in [-0.25, -0.2) is 9.97 Å². The number of amides is 1. The molecule has 0 unspecified atom stereocenters. The summed E-state index contributed by atoms with van der Waals surface area (Å²) in [6.07, 6.45) is 1.36. The third kappa shape index (κ3) is 3.68. The summed E-state index contributed by atoms with van der Waals surface area (Å²) in [6.45, 7) is 0. The van der Waals surface area contributed by atoms with E-state index >= 15 is 0 Å². The zero-order valence-electron chi connectivity index (χ0n) is 9.84. The molecule has 0 spiro atoms. The van der Waals surface area contributed by atoms with Crippen LogP contribution in [0.25, 0.3) is 0 Å². The van der Waals surface area contributed by atoms with Crippen LogP contribution < -0.4 is 11.5 Å². The van der Waals surface area contributed by atoms with E-state index in [9.17, 15) is 4.79 Å². The van der Waals surface area contributed by atoms with Crippen LogP contribution in [-0.4, -0.2) is 15.9 Å². The predicted octanol–water partition coefficient (Wildman–Crippen LogP) is 2.21. The highest BCUT2D eigenvalue weighted by atomic mass is 79.9. The number of primary amides is 1. The molecule has 98 valence electrons. The molecule has 7 heteroatoms. The number of aromatic nitrogens is 2. The van der Waals surface area contributed by atoms with E-state index in [4.69, 9.17) is 11.5 Å². The van der Waals surface area contributed by atoms with Crippen LogP contribution in [0.3, 0.4) is 0 Å². The van der Waals surface area contributed by atoms with Gasteiger partial charge in [0, 0.05) is 15.6 Å².